The molecule has 1 amide bonds. The number of nitrogens with one attached hydrogen (secondary N) is 2. The fourth-order valence-electron chi connectivity index (χ4n) is 3.43. The van der Waals surface area contributed by atoms with Crippen molar-refractivity contribution in [2.45, 2.75) is 39.7 Å². The summed E-state index contributed by atoms with van der Waals surface area (Å²) in [5.74, 6) is 1.05. The number of aromatic amines is 1. The molecule has 25 heavy (non-hydrogen) atoms. The summed E-state index contributed by atoms with van der Waals surface area (Å²) in [4.78, 5) is 31.5. The molecule has 7 heteroatoms. The third-order valence-corrected chi connectivity index (χ3v) is 4.77. The van der Waals surface area contributed by atoms with Gasteiger partial charge in [0.15, 0.2) is 0 Å². The number of aromatic nitrogens is 4. The highest BCUT2D eigenvalue weighted by atomic mass is 16.1. The molecule has 0 radical (unpaired) electrons. The molecule has 0 saturated carbocycles. The van der Waals surface area contributed by atoms with E-state index in [2.05, 4.69) is 39.1 Å². The number of H-pyrrole nitrogens is 1. The average molecular weight is 342 g/mol. The summed E-state index contributed by atoms with van der Waals surface area (Å²) in [7, 11) is 2.05. The predicted octanol–water partition coefficient (Wildman–Crippen LogP) is 1.34. The van der Waals surface area contributed by atoms with Gasteiger partial charge in [-0.2, -0.15) is 0 Å². The first-order valence-electron chi connectivity index (χ1n) is 8.77. The molecule has 7 nitrogen and oxygen atoms in total. The van der Waals surface area contributed by atoms with Gasteiger partial charge in [-0.25, -0.2) is 4.98 Å². The lowest BCUT2D eigenvalue weighted by Crippen LogP contribution is -2.34. The van der Waals surface area contributed by atoms with Crippen LogP contribution in [-0.4, -0.2) is 50.9 Å². The van der Waals surface area contributed by atoms with Crippen LogP contribution in [0.2, 0.25) is 0 Å². The topological polar surface area (TPSA) is 86.8 Å². The Morgan fingerprint density at radius 3 is 2.76 bits per heavy atom. The quantitative estimate of drug-likeness (QED) is 0.856. The lowest BCUT2D eigenvalue weighted by atomic mass is 9.91. The summed E-state index contributed by atoms with van der Waals surface area (Å²) in [6, 6.07) is 0. The number of nitrogens with zero attached hydrogens (tertiary/aromatic N) is 4. The van der Waals surface area contributed by atoms with Crippen molar-refractivity contribution in [3.63, 3.8) is 0 Å². The number of amides is 1. The van der Waals surface area contributed by atoms with Crippen LogP contribution in [0.4, 0.5) is 0 Å². The minimum Gasteiger partial charge on any atom is -0.350 e. The lowest BCUT2D eigenvalue weighted by molar-refractivity contribution is -0.125. The van der Waals surface area contributed by atoms with Gasteiger partial charge >= 0.3 is 0 Å². The van der Waals surface area contributed by atoms with Gasteiger partial charge in [-0.1, -0.05) is 6.92 Å². The van der Waals surface area contributed by atoms with Crippen molar-refractivity contribution in [1.82, 2.24) is 30.2 Å². The van der Waals surface area contributed by atoms with Gasteiger partial charge in [0.1, 0.15) is 5.82 Å². The molecule has 0 aliphatic carbocycles. The van der Waals surface area contributed by atoms with Gasteiger partial charge in [-0.3, -0.25) is 14.8 Å². The number of likely N-dealkylation sites (tertiary alicyclic amines) is 1. The van der Waals surface area contributed by atoms with E-state index in [1.807, 2.05) is 13.8 Å². The number of hydrogen-bond donors (Lipinski definition) is 2. The molecule has 0 spiro atoms. The van der Waals surface area contributed by atoms with E-state index in [0.717, 1.165) is 48.1 Å². The molecule has 0 unspecified atom stereocenters. The number of carbonyl (C=O) groups excluding carboxylic acids is 1. The number of aryl methyl sites for hydroxylation is 3. The highest BCUT2D eigenvalue weighted by Crippen LogP contribution is 2.33. The predicted molar refractivity (Wildman–Crippen MR) is 95.0 cm³/mol. The van der Waals surface area contributed by atoms with Crippen LogP contribution < -0.4 is 5.32 Å². The van der Waals surface area contributed by atoms with Gasteiger partial charge in [0.05, 0.1) is 35.7 Å². The number of likely N-dealkylation sites (N-methyl/N-ethyl adjacent to an activating group) is 1. The number of imidazole rings is 1. The highest BCUT2D eigenvalue weighted by Gasteiger charge is 2.39. The van der Waals surface area contributed by atoms with E-state index in [1.165, 1.54) is 0 Å². The van der Waals surface area contributed by atoms with Crippen LogP contribution in [0.1, 0.15) is 41.4 Å². The molecule has 134 valence electrons. The highest BCUT2D eigenvalue weighted by molar-refractivity contribution is 5.80. The summed E-state index contributed by atoms with van der Waals surface area (Å²) in [5.41, 5.74) is 3.73. The van der Waals surface area contributed by atoms with Gasteiger partial charge in [-0.15, -0.1) is 0 Å². The number of hydrogen-bond acceptors (Lipinski definition) is 5. The first kappa shape index (κ1) is 17.5. The Morgan fingerprint density at radius 1 is 1.32 bits per heavy atom. The molecule has 1 aliphatic heterocycles. The van der Waals surface area contributed by atoms with E-state index >= 15 is 0 Å². The number of rotatable bonds is 5. The van der Waals surface area contributed by atoms with Crippen LogP contribution >= 0.6 is 0 Å². The van der Waals surface area contributed by atoms with E-state index < -0.39 is 0 Å². The summed E-state index contributed by atoms with van der Waals surface area (Å²) in [5, 5.41) is 3.01. The van der Waals surface area contributed by atoms with E-state index in [9.17, 15) is 4.79 Å². The van der Waals surface area contributed by atoms with E-state index in [0.29, 0.717) is 6.54 Å². The Balaban J connectivity index is 1.71. The Morgan fingerprint density at radius 2 is 2.12 bits per heavy atom. The fourth-order valence-corrected chi connectivity index (χ4v) is 3.43. The molecule has 2 atom stereocenters. The molecule has 0 bridgehead atoms. The van der Waals surface area contributed by atoms with E-state index in [4.69, 9.17) is 4.98 Å². The van der Waals surface area contributed by atoms with Gasteiger partial charge in [0, 0.05) is 37.3 Å². The van der Waals surface area contributed by atoms with Gasteiger partial charge < -0.3 is 15.2 Å². The van der Waals surface area contributed by atoms with Gasteiger partial charge in [0.25, 0.3) is 0 Å². The largest absolute Gasteiger partial charge is 0.350 e. The van der Waals surface area contributed by atoms with Crippen molar-refractivity contribution in [3.8, 4) is 0 Å². The maximum absolute atomic E-state index is 12.8. The molecule has 2 aromatic rings. The van der Waals surface area contributed by atoms with Crippen LogP contribution in [0.5, 0.6) is 0 Å². The van der Waals surface area contributed by atoms with Crippen molar-refractivity contribution in [3.05, 3.63) is 41.0 Å². The third kappa shape index (κ3) is 3.87. The Kier molecular flexibility index (Phi) is 5.13. The Hall–Kier alpha value is -2.28. The second-order valence-electron chi connectivity index (χ2n) is 6.85. The summed E-state index contributed by atoms with van der Waals surface area (Å²) in [6.07, 6.45) is 4.29. The van der Waals surface area contributed by atoms with Crippen molar-refractivity contribution in [1.29, 1.82) is 0 Å². The van der Waals surface area contributed by atoms with Crippen LogP contribution in [-0.2, 0) is 17.8 Å². The lowest BCUT2D eigenvalue weighted by Gasteiger charge is -2.17. The molecule has 1 saturated heterocycles. The van der Waals surface area contributed by atoms with E-state index in [-0.39, 0.29) is 17.7 Å². The van der Waals surface area contributed by atoms with Crippen molar-refractivity contribution >= 4 is 5.91 Å². The zero-order valence-electron chi connectivity index (χ0n) is 15.3. The van der Waals surface area contributed by atoms with E-state index in [1.54, 1.807) is 12.4 Å². The maximum atomic E-state index is 12.8. The van der Waals surface area contributed by atoms with Crippen molar-refractivity contribution < 1.29 is 4.79 Å². The Bertz CT molecular complexity index is 739. The molecular formula is C18H26N6O. The summed E-state index contributed by atoms with van der Waals surface area (Å²) in [6.45, 7) is 8.00. The first-order valence-corrected chi connectivity index (χ1v) is 8.77. The molecule has 3 heterocycles. The molecule has 2 N–H and O–H groups in total. The standard InChI is InChI=1S/C18H26N6O/c1-5-16-22-12(3)17(23-16)14-9-24(4)10-15(14)18(25)21-8-13-7-19-11(2)6-20-13/h6-7,14-15H,5,8-10H2,1-4H3,(H,21,25)(H,22,23)/t14-,15-/m0/s1. The smallest absolute Gasteiger partial charge is 0.225 e. The van der Waals surface area contributed by atoms with Crippen LogP contribution in [0.3, 0.4) is 0 Å². The molecule has 2 aromatic heterocycles. The first-order chi connectivity index (χ1) is 12.0. The van der Waals surface area contributed by atoms with Crippen LogP contribution in [0, 0.1) is 19.8 Å². The van der Waals surface area contributed by atoms with Gasteiger partial charge in [-0.05, 0) is 20.9 Å². The maximum Gasteiger partial charge on any atom is 0.225 e. The Labute approximate surface area is 148 Å². The average Bonchev–Trinajstić information content (AvgIpc) is 3.16. The summed E-state index contributed by atoms with van der Waals surface area (Å²) < 4.78 is 0. The molecule has 1 aliphatic rings. The van der Waals surface area contributed by atoms with Crippen molar-refractivity contribution in [2.75, 3.05) is 20.1 Å². The zero-order valence-corrected chi connectivity index (χ0v) is 15.3. The minimum absolute atomic E-state index is 0.0529. The van der Waals surface area contributed by atoms with Gasteiger partial charge in [0.2, 0.25) is 5.91 Å². The SMILES string of the molecule is CCc1nc([C@H]2CN(C)C[C@@H]2C(=O)NCc2cnc(C)cn2)c(C)[nH]1. The van der Waals surface area contributed by atoms with Crippen molar-refractivity contribution in [2.24, 2.45) is 5.92 Å². The minimum atomic E-state index is -0.102. The molecule has 3 rings (SSSR count). The number of carbonyl (C=O) groups is 1. The fraction of sp³-hybridized carbons (Fsp3) is 0.556. The zero-order chi connectivity index (χ0) is 18.0. The second kappa shape index (κ2) is 7.31. The second-order valence-corrected chi connectivity index (χ2v) is 6.85. The summed E-state index contributed by atoms with van der Waals surface area (Å²) >= 11 is 0. The van der Waals surface area contributed by atoms with Crippen LogP contribution in [0.15, 0.2) is 12.4 Å². The molecule has 0 aromatic carbocycles. The monoisotopic (exact) mass is 342 g/mol. The molecular weight excluding hydrogens is 316 g/mol. The third-order valence-electron chi connectivity index (χ3n) is 4.77. The normalized spacial score (nSPS) is 20.8. The molecule has 1 fully saturated rings. The van der Waals surface area contributed by atoms with Crippen LogP contribution in [0.25, 0.3) is 0 Å².